The predicted octanol–water partition coefficient (Wildman–Crippen LogP) is 3.71. The number of benzene rings is 2. The number of rotatable bonds is 5. The Bertz CT molecular complexity index is 1210. The third kappa shape index (κ3) is 5.22. The summed E-state index contributed by atoms with van der Waals surface area (Å²) in [7, 11) is 0. The summed E-state index contributed by atoms with van der Waals surface area (Å²) in [6.45, 7) is 0.889. The third-order valence-electron chi connectivity index (χ3n) is 5.41. The lowest BCUT2D eigenvalue weighted by molar-refractivity contribution is -0.121. The van der Waals surface area contributed by atoms with Crippen molar-refractivity contribution in [1.29, 1.82) is 0 Å². The Kier molecular flexibility index (Phi) is 7.16. The molecular formula is C22H20BrFN6O4. The van der Waals surface area contributed by atoms with Gasteiger partial charge in [-0.25, -0.2) is 9.02 Å². The molecule has 10 nitrogen and oxygen atoms in total. The van der Waals surface area contributed by atoms with E-state index in [-0.39, 0.29) is 39.6 Å². The number of amides is 2. The van der Waals surface area contributed by atoms with Crippen LogP contribution in [0.25, 0.3) is 0 Å². The van der Waals surface area contributed by atoms with Crippen molar-refractivity contribution in [2.45, 2.75) is 12.8 Å². The second-order valence-electron chi connectivity index (χ2n) is 7.59. The average Bonchev–Trinajstić information content (AvgIpc) is 3.32. The smallest absolute Gasteiger partial charge is 0.253 e. The zero-order valence-electron chi connectivity index (χ0n) is 17.7. The van der Waals surface area contributed by atoms with Crippen molar-refractivity contribution in [3.8, 4) is 0 Å². The largest absolute Gasteiger partial charge is 0.409 e. The van der Waals surface area contributed by atoms with Gasteiger partial charge in [0.05, 0.1) is 4.47 Å². The van der Waals surface area contributed by atoms with Gasteiger partial charge in [0.2, 0.25) is 17.6 Å². The molecule has 2 heterocycles. The number of piperidine rings is 1. The third-order valence-corrected chi connectivity index (χ3v) is 6.02. The van der Waals surface area contributed by atoms with E-state index in [4.69, 9.17) is 4.63 Å². The van der Waals surface area contributed by atoms with Gasteiger partial charge in [0.1, 0.15) is 5.82 Å². The van der Waals surface area contributed by atoms with Gasteiger partial charge in [0, 0.05) is 30.3 Å². The molecule has 4 rings (SSSR count). The standard InChI is InChI=1S/C22H20BrFN6O4/c23-16-12-15(6-7-17(16)24)25-19(27-33)18-20(29-34-28-18)26-21(31)13-8-10-30(11-9-13)22(32)14-4-2-1-3-5-14/h1-7,12-13,33H,8-11H2,(H,25,27)(H,26,29,31). The van der Waals surface area contributed by atoms with E-state index >= 15 is 0 Å². The van der Waals surface area contributed by atoms with Crippen molar-refractivity contribution in [3.63, 3.8) is 0 Å². The lowest BCUT2D eigenvalue weighted by atomic mass is 9.95. The predicted molar refractivity (Wildman–Crippen MR) is 124 cm³/mol. The van der Waals surface area contributed by atoms with Gasteiger partial charge < -0.3 is 20.7 Å². The molecule has 2 aromatic carbocycles. The van der Waals surface area contributed by atoms with Crippen LogP contribution in [-0.2, 0) is 4.79 Å². The Morgan fingerprint density at radius 2 is 1.85 bits per heavy atom. The molecule has 176 valence electrons. The first-order valence-corrected chi connectivity index (χ1v) is 11.2. The van der Waals surface area contributed by atoms with Crippen molar-refractivity contribution < 1.29 is 23.8 Å². The molecule has 3 N–H and O–H groups in total. The summed E-state index contributed by atoms with van der Waals surface area (Å²) >= 11 is 3.08. The number of hydrogen-bond donors (Lipinski definition) is 3. The number of amidine groups is 1. The van der Waals surface area contributed by atoms with E-state index in [0.717, 1.165) is 0 Å². The fourth-order valence-electron chi connectivity index (χ4n) is 3.59. The number of anilines is 2. The van der Waals surface area contributed by atoms with Gasteiger partial charge in [-0.05, 0) is 69.4 Å². The number of halogens is 2. The van der Waals surface area contributed by atoms with Crippen molar-refractivity contribution in [3.05, 3.63) is 70.1 Å². The Hall–Kier alpha value is -3.80. The fourth-order valence-corrected chi connectivity index (χ4v) is 3.97. The summed E-state index contributed by atoms with van der Waals surface area (Å²) in [5.74, 6) is -1.37. The Labute approximate surface area is 201 Å². The maximum Gasteiger partial charge on any atom is 0.253 e. The van der Waals surface area contributed by atoms with Crippen LogP contribution in [0.15, 0.2) is 62.8 Å². The van der Waals surface area contributed by atoms with Gasteiger partial charge in [0.25, 0.3) is 5.91 Å². The molecule has 3 aromatic rings. The number of hydrogen-bond acceptors (Lipinski definition) is 7. The summed E-state index contributed by atoms with van der Waals surface area (Å²) in [5, 5.41) is 25.4. The van der Waals surface area contributed by atoms with Crippen LogP contribution in [0, 0.1) is 11.7 Å². The van der Waals surface area contributed by atoms with Crippen molar-refractivity contribution in [2.24, 2.45) is 11.1 Å². The summed E-state index contributed by atoms with van der Waals surface area (Å²) in [6, 6.07) is 13.1. The highest BCUT2D eigenvalue weighted by Gasteiger charge is 2.29. The number of carbonyl (C=O) groups is 2. The van der Waals surface area contributed by atoms with Crippen LogP contribution in [0.2, 0.25) is 0 Å². The van der Waals surface area contributed by atoms with Crippen LogP contribution in [0.3, 0.4) is 0 Å². The van der Waals surface area contributed by atoms with Gasteiger partial charge in [-0.1, -0.05) is 23.4 Å². The quantitative estimate of drug-likeness (QED) is 0.198. The molecule has 0 unspecified atom stereocenters. The molecule has 0 atom stereocenters. The van der Waals surface area contributed by atoms with Crippen LogP contribution in [0.5, 0.6) is 0 Å². The molecule has 0 radical (unpaired) electrons. The molecule has 1 fully saturated rings. The highest BCUT2D eigenvalue weighted by molar-refractivity contribution is 9.10. The number of oxime groups is 1. The zero-order chi connectivity index (χ0) is 24.1. The normalized spacial score (nSPS) is 14.6. The molecule has 1 saturated heterocycles. The number of nitrogens with zero attached hydrogens (tertiary/aromatic N) is 4. The molecule has 1 aliphatic heterocycles. The molecule has 12 heteroatoms. The highest BCUT2D eigenvalue weighted by Crippen LogP contribution is 2.23. The Balaban J connectivity index is 1.38. The van der Waals surface area contributed by atoms with Crippen LogP contribution in [0.4, 0.5) is 15.9 Å². The first kappa shape index (κ1) is 23.4. The SMILES string of the molecule is O=C(Nc1nonc1/C(=N\O)Nc1ccc(F)c(Br)c1)C1CCN(C(=O)c2ccccc2)CC1. The minimum Gasteiger partial charge on any atom is -0.409 e. The van der Waals surface area contributed by atoms with E-state index in [1.807, 2.05) is 18.2 Å². The summed E-state index contributed by atoms with van der Waals surface area (Å²) in [4.78, 5) is 27.1. The Morgan fingerprint density at radius 1 is 1.12 bits per heavy atom. The monoisotopic (exact) mass is 530 g/mol. The van der Waals surface area contributed by atoms with E-state index in [2.05, 4.69) is 42.0 Å². The van der Waals surface area contributed by atoms with Crippen molar-refractivity contribution in [1.82, 2.24) is 15.2 Å². The second kappa shape index (κ2) is 10.4. The molecule has 2 amide bonds. The van der Waals surface area contributed by atoms with E-state index in [9.17, 15) is 19.2 Å². The van der Waals surface area contributed by atoms with Gasteiger partial charge in [-0.15, -0.1) is 0 Å². The first-order valence-electron chi connectivity index (χ1n) is 10.4. The molecular weight excluding hydrogens is 511 g/mol. The van der Waals surface area contributed by atoms with Gasteiger partial charge in [-0.3, -0.25) is 9.59 Å². The number of likely N-dealkylation sites (tertiary alicyclic amines) is 1. The zero-order valence-corrected chi connectivity index (χ0v) is 19.3. The first-order chi connectivity index (χ1) is 16.5. The van der Waals surface area contributed by atoms with E-state index in [0.29, 0.717) is 37.2 Å². The Morgan fingerprint density at radius 3 is 2.53 bits per heavy atom. The molecule has 0 aliphatic carbocycles. The second-order valence-corrected chi connectivity index (χ2v) is 8.44. The van der Waals surface area contributed by atoms with Crippen LogP contribution < -0.4 is 10.6 Å². The van der Waals surface area contributed by atoms with Crippen LogP contribution in [0.1, 0.15) is 28.9 Å². The minimum absolute atomic E-state index is 0.0331. The topological polar surface area (TPSA) is 133 Å². The minimum atomic E-state index is -0.458. The molecule has 0 saturated carbocycles. The highest BCUT2D eigenvalue weighted by atomic mass is 79.9. The lowest BCUT2D eigenvalue weighted by Crippen LogP contribution is -2.41. The fraction of sp³-hybridized carbons (Fsp3) is 0.227. The van der Waals surface area contributed by atoms with Crippen molar-refractivity contribution >= 4 is 45.1 Å². The van der Waals surface area contributed by atoms with Gasteiger partial charge in [0.15, 0.2) is 5.69 Å². The van der Waals surface area contributed by atoms with E-state index in [1.165, 1.54) is 18.2 Å². The molecule has 34 heavy (non-hydrogen) atoms. The average molecular weight is 531 g/mol. The number of nitrogens with one attached hydrogen (secondary N) is 2. The molecule has 1 aliphatic rings. The lowest BCUT2D eigenvalue weighted by Gasteiger charge is -2.31. The maximum atomic E-state index is 13.5. The van der Waals surface area contributed by atoms with Crippen LogP contribution >= 0.6 is 15.9 Å². The molecule has 0 spiro atoms. The van der Waals surface area contributed by atoms with Crippen molar-refractivity contribution in [2.75, 3.05) is 23.7 Å². The maximum absolute atomic E-state index is 13.5. The van der Waals surface area contributed by atoms with Gasteiger partial charge >= 0.3 is 0 Å². The summed E-state index contributed by atoms with van der Waals surface area (Å²) in [6.07, 6.45) is 0.960. The molecule has 1 aromatic heterocycles. The molecule has 0 bridgehead atoms. The van der Waals surface area contributed by atoms with E-state index < -0.39 is 5.82 Å². The number of carbonyl (C=O) groups excluding carboxylic acids is 2. The summed E-state index contributed by atoms with van der Waals surface area (Å²) < 4.78 is 18.4. The van der Waals surface area contributed by atoms with E-state index in [1.54, 1.807) is 17.0 Å². The number of aromatic nitrogens is 2. The summed E-state index contributed by atoms with van der Waals surface area (Å²) in [5.41, 5.74) is 0.977. The van der Waals surface area contributed by atoms with Gasteiger partial charge in [-0.2, -0.15) is 0 Å². The van der Waals surface area contributed by atoms with Crippen LogP contribution in [-0.4, -0.2) is 51.2 Å².